The Bertz CT molecular complexity index is 370. The van der Waals surface area contributed by atoms with E-state index < -0.39 is 0 Å². The molecule has 1 aromatic heterocycles. The van der Waals surface area contributed by atoms with Crippen LogP contribution in [0.3, 0.4) is 0 Å². The van der Waals surface area contributed by atoms with E-state index in [1.54, 1.807) is 0 Å². The molecule has 76 valence electrons. The minimum absolute atomic E-state index is 0.156. The minimum atomic E-state index is 0.156. The highest BCUT2D eigenvalue weighted by atomic mass is 15.3. The first kappa shape index (κ1) is 10.5. The first-order valence-corrected chi connectivity index (χ1v) is 4.30. The molecule has 0 spiro atoms. The van der Waals surface area contributed by atoms with Crippen molar-refractivity contribution in [3.8, 4) is 0 Å². The van der Waals surface area contributed by atoms with Crippen molar-refractivity contribution in [2.45, 2.75) is 20.8 Å². The number of aryl methyl sites for hydroxylation is 3. The third-order valence-corrected chi connectivity index (χ3v) is 2.00. The van der Waals surface area contributed by atoms with E-state index in [2.05, 4.69) is 15.4 Å². The summed E-state index contributed by atoms with van der Waals surface area (Å²) in [4.78, 5) is 8.32. The predicted octanol–water partition coefficient (Wildman–Crippen LogP) is 0.416. The summed E-state index contributed by atoms with van der Waals surface area (Å²) in [6.07, 6.45) is 0. The maximum Gasteiger partial charge on any atom is 0.209 e. The van der Waals surface area contributed by atoms with Crippen molar-refractivity contribution in [2.24, 2.45) is 16.6 Å². The van der Waals surface area contributed by atoms with Crippen LogP contribution in [0.25, 0.3) is 0 Å². The number of nitrogens with zero attached hydrogens (tertiary/aromatic N) is 2. The normalized spacial score (nSPS) is 11.6. The van der Waals surface area contributed by atoms with Gasteiger partial charge < -0.3 is 5.73 Å². The predicted molar refractivity (Wildman–Crippen MR) is 57.1 cm³/mol. The average molecular weight is 193 g/mol. The van der Waals surface area contributed by atoms with Crippen LogP contribution in [0.5, 0.6) is 0 Å². The van der Waals surface area contributed by atoms with Gasteiger partial charge in [0.15, 0.2) is 5.82 Å². The monoisotopic (exact) mass is 193 g/mol. The molecular weight excluding hydrogens is 178 g/mol. The third-order valence-electron chi connectivity index (χ3n) is 2.00. The number of hydrogen-bond acceptors (Lipinski definition) is 3. The number of pyridine rings is 1. The van der Waals surface area contributed by atoms with E-state index in [0.29, 0.717) is 5.82 Å². The van der Waals surface area contributed by atoms with Crippen molar-refractivity contribution in [2.75, 3.05) is 0 Å². The Hall–Kier alpha value is -1.62. The Balaban J connectivity index is 3.16. The zero-order valence-electron chi connectivity index (χ0n) is 8.63. The van der Waals surface area contributed by atoms with Crippen molar-refractivity contribution in [3.05, 3.63) is 22.9 Å². The molecule has 0 bridgehead atoms. The summed E-state index contributed by atoms with van der Waals surface area (Å²) in [7, 11) is 0. The standard InChI is InChI=1S/C9H15N5/c1-5-4-6(2)8(12-7(5)3)13-9(10)14-11/h4H,11H2,1-3H3,(H3,10,12,13,14). The minimum Gasteiger partial charge on any atom is -0.369 e. The van der Waals surface area contributed by atoms with Gasteiger partial charge in [-0.3, -0.25) is 5.43 Å². The summed E-state index contributed by atoms with van der Waals surface area (Å²) >= 11 is 0. The molecule has 1 heterocycles. The van der Waals surface area contributed by atoms with Gasteiger partial charge in [0, 0.05) is 5.69 Å². The van der Waals surface area contributed by atoms with Gasteiger partial charge >= 0.3 is 0 Å². The Labute approximate surface area is 83.2 Å². The molecule has 0 atom stereocenters. The molecule has 0 aromatic carbocycles. The van der Waals surface area contributed by atoms with E-state index in [0.717, 1.165) is 16.8 Å². The zero-order chi connectivity index (χ0) is 10.7. The van der Waals surface area contributed by atoms with E-state index in [1.165, 1.54) is 0 Å². The second-order valence-electron chi connectivity index (χ2n) is 3.17. The maximum atomic E-state index is 5.44. The fraction of sp³-hybridized carbons (Fsp3) is 0.333. The molecule has 5 heteroatoms. The molecule has 0 aliphatic rings. The van der Waals surface area contributed by atoms with Crippen molar-refractivity contribution < 1.29 is 0 Å². The first-order valence-electron chi connectivity index (χ1n) is 4.30. The van der Waals surface area contributed by atoms with E-state index in [-0.39, 0.29) is 5.96 Å². The van der Waals surface area contributed by atoms with Gasteiger partial charge in [-0.05, 0) is 31.9 Å². The van der Waals surface area contributed by atoms with E-state index in [9.17, 15) is 0 Å². The molecule has 1 aromatic rings. The molecule has 0 aliphatic carbocycles. The number of hydrazine groups is 1. The van der Waals surface area contributed by atoms with Gasteiger partial charge in [0.05, 0.1) is 0 Å². The summed E-state index contributed by atoms with van der Waals surface area (Å²) in [6, 6.07) is 2.02. The highest BCUT2D eigenvalue weighted by Crippen LogP contribution is 2.18. The van der Waals surface area contributed by atoms with Crippen LogP contribution < -0.4 is 17.0 Å². The summed E-state index contributed by atoms with van der Waals surface area (Å²) in [6.45, 7) is 5.87. The van der Waals surface area contributed by atoms with E-state index in [1.807, 2.05) is 26.8 Å². The number of nitrogens with two attached hydrogens (primary N) is 2. The molecule has 0 saturated heterocycles. The molecule has 14 heavy (non-hydrogen) atoms. The fourth-order valence-electron chi connectivity index (χ4n) is 1.09. The van der Waals surface area contributed by atoms with Crippen molar-refractivity contribution in [1.29, 1.82) is 0 Å². The van der Waals surface area contributed by atoms with E-state index in [4.69, 9.17) is 11.6 Å². The number of rotatable bonds is 1. The lowest BCUT2D eigenvalue weighted by Gasteiger charge is -2.05. The van der Waals surface area contributed by atoms with Crippen LogP contribution in [0.15, 0.2) is 11.1 Å². The lowest BCUT2D eigenvalue weighted by atomic mass is 10.1. The molecular formula is C9H15N5. The second-order valence-corrected chi connectivity index (χ2v) is 3.17. The van der Waals surface area contributed by atoms with Gasteiger partial charge in [-0.15, -0.1) is 0 Å². The lowest BCUT2D eigenvalue weighted by molar-refractivity contribution is 0.998. The Kier molecular flexibility index (Phi) is 3.03. The molecule has 0 radical (unpaired) electrons. The van der Waals surface area contributed by atoms with E-state index >= 15 is 0 Å². The molecule has 0 amide bonds. The van der Waals surface area contributed by atoms with Crippen molar-refractivity contribution >= 4 is 11.8 Å². The fourth-order valence-corrected chi connectivity index (χ4v) is 1.09. The first-order chi connectivity index (χ1) is 6.54. The number of hydrogen-bond donors (Lipinski definition) is 3. The number of aliphatic imine (C=N–C) groups is 1. The van der Waals surface area contributed by atoms with Crippen LogP contribution in [-0.2, 0) is 0 Å². The molecule has 1 rings (SSSR count). The Morgan fingerprint density at radius 1 is 1.36 bits per heavy atom. The largest absolute Gasteiger partial charge is 0.369 e. The van der Waals surface area contributed by atoms with Crippen LogP contribution in [0.2, 0.25) is 0 Å². The number of guanidine groups is 1. The second kappa shape index (κ2) is 4.06. The quantitative estimate of drug-likeness (QED) is 0.261. The van der Waals surface area contributed by atoms with Crippen molar-refractivity contribution in [3.63, 3.8) is 0 Å². The highest BCUT2D eigenvalue weighted by molar-refractivity contribution is 5.80. The van der Waals surface area contributed by atoms with Gasteiger partial charge in [0.25, 0.3) is 0 Å². The van der Waals surface area contributed by atoms with Crippen LogP contribution >= 0.6 is 0 Å². The highest BCUT2D eigenvalue weighted by Gasteiger charge is 2.02. The average Bonchev–Trinajstić information content (AvgIpc) is 2.14. The van der Waals surface area contributed by atoms with Gasteiger partial charge in [0.2, 0.25) is 5.96 Å². The van der Waals surface area contributed by atoms with Gasteiger partial charge in [-0.1, -0.05) is 6.07 Å². The smallest absolute Gasteiger partial charge is 0.209 e. The van der Waals surface area contributed by atoms with Crippen LogP contribution in [0.1, 0.15) is 16.8 Å². The van der Waals surface area contributed by atoms with Crippen LogP contribution in [0, 0.1) is 20.8 Å². The van der Waals surface area contributed by atoms with Crippen LogP contribution in [0.4, 0.5) is 5.82 Å². The number of aromatic nitrogens is 1. The summed E-state index contributed by atoms with van der Waals surface area (Å²) in [5.74, 6) is 5.86. The van der Waals surface area contributed by atoms with Crippen LogP contribution in [-0.4, -0.2) is 10.9 Å². The SMILES string of the molecule is Cc1cc(C)c(N=C(N)NN)nc1C. The Morgan fingerprint density at radius 3 is 2.57 bits per heavy atom. The topological polar surface area (TPSA) is 89.3 Å². The molecule has 5 N–H and O–H groups in total. The zero-order valence-corrected chi connectivity index (χ0v) is 8.63. The molecule has 0 saturated carbocycles. The van der Waals surface area contributed by atoms with Gasteiger partial charge in [0.1, 0.15) is 0 Å². The molecule has 0 unspecified atom stereocenters. The van der Waals surface area contributed by atoms with Gasteiger partial charge in [-0.25, -0.2) is 10.8 Å². The molecule has 5 nitrogen and oxygen atoms in total. The summed E-state index contributed by atoms with van der Waals surface area (Å²) in [5.41, 5.74) is 10.8. The lowest BCUT2D eigenvalue weighted by Crippen LogP contribution is -2.36. The maximum absolute atomic E-state index is 5.44. The summed E-state index contributed by atoms with van der Waals surface area (Å²) in [5, 5.41) is 0. The summed E-state index contributed by atoms with van der Waals surface area (Å²) < 4.78 is 0. The molecule has 0 aliphatic heterocycles. The Morgan fingerprint density at radius 2 is 2.00 bits per heavy atom. The van der Waals surface area contributed by atoms with Gasteiger partial charge in [-0.2, -0.15) is 4.99 Å². The third kappa shape index (κ3) is 2.20. The molecule has 0 fully saturated rings. The van der Waals surface area contributed by atoms with Crippen molar-refractivity contribution in [1.82, 2.24) is 10.4 Å². The number of nitrogens with one attached hydrogen (secondary N) is 1.